The molecule has 134 valence electrons. The molecule has 4 rings (SSSR count). The van der Waals surface area contributed by atoms with E-state index in [4.69, 9.17) is 4.74 Å². The summed E-state index contributed by atoms with van der Waals surface area (Å²) in [5.74, 6) is 2.03. The number of likely N-dealkylation sites (tertiary alicyclic amines) is 1. The zero-order valence-corrected chi connectivity index (χ0v) is 14.8. The van der Waals surface area contributed by atoms with Gasteiger partial charge in [0.25, 0.3) is 5.91 Å². The molecule has 2 amide bonds. The third kappa shape index (κ3) is 3.12. The van der Waals surface area contributed by atoms with Gasteiger partial charge in [-0.25, -0.2) is 0 Å². The first-order valence-electron chi connectivity index (χ1n) is 9.46. The monoisotopic (exact) mass is 342 g/mol. The standard InChI is InChI=1S/C20H26N2O3/c1-14(23)22-13-19(25-18-9-5-4-8-17(18)22)20(24)21-11-10-15-6-2-3-7-16(15)12-21/h4-5,8-9,15-16,19H,2-3,6-7,10-13H2,1H3/t15-,16+,19-/m0/s1. The predicted octanol–water partition coefficient (Wildman–Crippen LogP) is 2.84. The molecule has 1 saturated carbocycles. The Bertz CT molecular complexity index is 675. The van der Waals surface area contributed by atoms with E-state index in [0.717, 1.165) is 31.1 Å². The van der Waals surface area contributed by atoms with Gasteiger partial charge in [-0.15, -0.1) is 0 Å². The van der Waals surface area contributed by atoms with E-state index in [2.05, 4.69) is 0 Å². The van der Waals surface area contributed by atoms with Crippen molar-refractivity contribution < 1.29 is 14.3 Å². The number of rotatable bonds is 1. The van der Waals surface area contributed by atoms with Crippen LogP contribution in [0.1, 0.15) is 39.0 Å². The van der Waals surface area contributed by atoms with Gasteiger partial charge in [0.15, 0.2) is 6.10 Å². The number of para-hydroxylation sites is 2. The maximum atomic E-state index is 13.1. The predicted molar refractivity (Wildman–Crippen MR) is 95.5 cm³/mol. The number of fused-ring (bicyclic) bond motifs is 2. The van der Waals surface area contributed by atoms with Gasteiger partial charge in [-0.05, 0) is 36.8 Å². The topological polar surface area (TPSA) is 49.9 Å². The van der Waals surface area contributed by atoms with Crippen LogP contribution in [0, 0.1) is 11.8 Å². The van der Waals surface area contributed by atoms with E-state index in [1.54, 1.807) is 4.90 Å². The minimum Gasteiger partial charge on any atom is -0.476 e. The molecule has 2 fully saturated rings. The fourth-order valence-electron chi connectivity index (χ4n) is 4.67. The third-order valence-electron chi connectivity index (χ3n) is 6.03. The molecule has 0 spiro atoms. The van der Waals surface area contributed by atoms with Gasteiger partial charge in [0.2, 0.25) is 5.91 Å². The summed E-state index contributed by atoms with van der Waals surface area (Å²) in [5, 5.41) is 0. The van der Waals surface area contributed by atoms with Crippen molar-refractivity contribution in [1.29, 1.82) is 0 Å². The highest BCUT2D eigenvalue weighted by molar-refractivity contribution is 5.95. The third-order valence-corrected chi connectivity index (χ3v) is 6.03. The molecule has 2 heterocycles. The molecule has 3 atom stereocenters. The van der Waals surface area contributed by atoms with Crippen molar-refractivity contribution in [3.05, 3.63) is 24.3 Å². The Morgan fingerprint density at radius 3 is 2.60 bits per heavy atom. The van der Waals surface area contributed by atoms with E-state index >= 15 is 0 Å². The molecule has 0 aromatic heterocycles. The van der Waals surface area contributed by atoms with Gasteiger partial charge >= 0.3 is 0 Å². The molecule has 1 saturated heterocycles. The molecule has 1 aromatic carbocycles. The van der Waals surface area contributed by atoms with Gasteiger partial charge in [0.1, 0.15) is 5.75 Å². The summed E-state index contributed by atoms with van der Waals surface area (Å²) in [7, 11) is 0. The Labute approximate surface area is 148 Å². The van der Waals surface area contributed by atoms with Crippen molar-refractivity contribution in [2.24, 2.45) is 11.8 Å². The summed E-state index contributed by atoms with van der Waals surface area (Å²) in [5.41, 5.74) is 0.755. The number of carbonyl (C=O) groups excluding carboxylic acids is 2. The van der Waals surface area contributed by atoms with Crippen LogP contribution in [-0.2, 0) is 9.59 Å². The van der Waals surface area contributed by atoms with Crippen LogP contribution in [0.25, 0.3) is 0 Å². The Balaban J connectivity index is 1.50. The molecule has 5 heteroatoms. The van der Waals surface area contributed by atoms with Crippen LogP contribution in [0.3, 0.4) is 0 Å². The summed E-state index contributed by atoms with van der Waals surface area (Å²) in [4.78, 5) is 28.7. The van der Waals surface area contributed by atoms with Crippen LogP contribution in [0.4, 0.5) is 5.69 Å². The van der Waals surface area contributed by atoms with Crippen molar-refractivity contribution in [2.45, 2.75) is 45.1 Å². The molecule has 1 aliphatic carbocycles. The Morgan fingerprint density at radius 2 is 1.80 bits per heavy atom. The van der Waals surface area contributed by atoms with Gasteiger partial charge in [0, 0.05) is 20.0 Å². The first kappa shape index (κ1) is 16.4. The smallest absolute Gasteiger partial charge is 0.265 e. The van der Waals surface area contributed by atoms with Crippen LogP contribution in [0.5, 0.6) is 5.75 Å². The molecular weight excluding hydrogens is 316 g/mol. The second-order valence-electron chi connectivity index (χ2n) is 7.58. The number of nitrogens with zero attached hydrogens (tertiary/aromatic N) is 2. The van der Waals surface area contributed by atoms with Crippen molar-refractivity contribution in [3.8, 4) is 5.75 Å². The van der Waals surface area contributed by atoms with E-state index < -0.39 is 6.10 Å². The minimum absolute atomic E-state index is 0.0322. The van der Waals surface area contributed by atoms with Crippen molar-refractivity contribution in [1.82, 2.24) is 4.90 Å². The van der Waals surface area contributed by atoms with E-state index in [0.29, 0.717) is 18.2 Å². The first-order valence-corrected chi connectivity index (χ1v) is 9.46. The second-order valence-corrected chi connectivity index (χ2v) is 7.58. The SMILES string of the molecule is CC(=O)N1C[C@@H](C(=O)N2CC[C@@H]3CCCC[C@@H]3C2)Oc2ccccc21. The molecule has 5 nitrogen and oxygen atoms in total. The summed E-state index contributed by atoms with van der Waals surface area (Å²) in [6.07, 6.45) is 5.69. The van der Waals surface area contributed by atoms with Crippen LogP contribution in [0.2, 0.25) is 0 Å². The average Bonchev–Trinajstić information content (AvgIpc) is 2.66. The van der Waals surface area contributed by atoms with E-state index in [1.807, 2.05) is 29.2 Å². The fourth-order valence-corrected chi connectivity index (χ4v) is 4.67. The van der Waals surface area contributed by atoms with Crippen LogP contribution < -0.4 is 9.64 Å². The highest BCUT2D eigenvalue weighted by Crippen LogP contribution is 2.37. The number of benzene rings is 1. The van der Waals surface area contributed by atoms with Crippen molar-refractivity contribution >= 4 is 17.5 Å². The Hall–Kier alpha value is -2.04. The van der Waals surface area contributed by atoms with Gasteiger partial charge in [-0.2, -0.15) is 0 Å². The Kier molecular flexibility index (Phi) is 4.40. The lowest BCUT2D eigenvalue weighted by Gasteiger charge is -2.43. The minimum atomic E-state index is -0.598. The normalized spacial score (nSPS) is 28.6. The number of hydrogen-bond acceptors (Lipinski definition) is 3. The Morgan fingerprint density at radius 1 is 1.04 bits per heavy atom. The van der Waals surface area contributed by atoms with Crippen molar-refractivity contribution in [3.63, 3.8) is 0 Å². The van der Waals surface area contributed by atoms with Crippen LogP contribution >= 0.6 is 0 Å². The molecule has 0 N–H and O–H groups in total. The number of ether oxygens (including phenoxy) is 1. The van der Waals surface area contributed by atoms with Gasteiger partial charge in [-0.3, -0.25) is 9.59 Å². The average molecular weight is 342 g/mol. The summed E-state index contributed by atoms with van der Waals surface area (Å²) in [6, 6.07) is 7.45. The second kappa shape index (κ2) is 6.70. The summed E-state index contributed by atoms with van der Waals surface area (Å²) < 4.78 is 5.98. The molecule has 25 heavy (non-hydrogen) atoms. The number of amides is 2. The van der Waals surface area contributed by atoms with Crippen LogP contribution in [-0.4, -0.2) is 42.5 Å². The number of anilines is 1. The van der Waals surface area contributed by atoms with E-state index in [-0.39, 0.29) is 11.8 Å². The zero-order chi connectivity index (χ0) is 17.4. The largest absolute Gasteiger partial charge is 0.476 e. The quantitative estimate of drug-likeness (QED) is 0.788. The van der Waals surface area contributed by atoms with Gasteiger partial charge in [0.05, 0.1) is 12.2 Å². The summed E-state index contributed by atoms with van der Waals surface area (Å²) >= 11 is 0. The fraction of sp³-hybridized carbons (Fsp3) is 0.600. The van der Waals surface area contributed by atoms with Gasteiger partial charge in [-0.1, -0.05) is 31.4 Å². The number of hydrogen-bond donors (Lipinski definition) is 0. The lowest BCUT2D eigenvalue weighted by Crippen LogP contribution is -2.54. The van der Waals surface area contributed by atoms with Crippen LogP contribution in [0.15, 0.2) is 24.3 Å². The first-order chi connectivity index (χ1) is 12.1. The van der Waals surface area contributed by atoms with E-state index in [1.165, 1.54) is 32.6 Å². The molecule has 2 aliphatic heterocycles. The maximum Gasteiger partial charge on any atom is 0.265 e. The lowest BCUT2D eigenvalue weighted by atomic mass is 9.75. The molecule has 0 unspecified atom stereocenters. The zero-order valence-electron chi connectivity index (χ0n) is 14.8. The lowest BCUT2D eigenvalue weighted by molar-refractivity contribution is -0.142. The van der Waals surface area contributed by atoms with E-state index in [9.17, 15) is 9.59 Å². The molecule has 0 radical (unpaired) electrons. The molecular formula is C20H26N2O3. The molecule has 3 aliphatic rings. The number of piperidine rings is 1. The highest BCUT2D eigenvalue weighted by Gasteiger charge is 2.39. The highest BCUT2D eigenvalue weighted by atomic mass is 16.5. The molecule has 0 bridgehead atoms. The molecule has 1 aromatic rings. The van der Waals surface area contributed by atoms with Crippen molar-refractivity contribution in [2.75, 3.05) is 24.5 Å². The summed E-state index contributed by atoms with van der Waals surface area (Å²) in [6.45, 7) is 3.51. The maximum absolute atomic E-state index is 13.1. The van der Waals surface area contributed by atoms with Gasteiger partial charge < -0.3 is 14.5 Å². The number of carbonyl (C=O) groups is 2.